The van der Waals surface area contributed by atoms with E-state index >= 15 is 0 Å². The van der Waals surface area contributed by atoms with Gasteiger partial charge in [-0.1, -0.05) is 30.3 Å². The number of fused-ring (bicyclic) bond motifs is 1. The Hall–Kier alpha value is -2.79. The highest BCUT2D eigenvalue weighted by Gasteiger charge is 2.27. The molecule has 0 radical (unpaired) electrons. The molecule has 1 saturated heterocycles. The molecular formula is C23H27N3O2. The van der Waals surface area contributed by atoms with Crippen molar-refractivity contribution in [3.63, 3.8) is 0 Å². The monoisotopic (exact) mass is 377 g/mol. The number of likely N-dealkylation sites (N-methyl/N-ethyl adjacent to an activating group) is 1. The summed E-state index contributed by atoms with van der Waals surface area (Å²) in [6.45, 7) is 2.48. The summed E-state index contributed by atoms with van der Waals surface area (Å²) in [6.07, 6.45) is 2.15. The molecule has 0 spiro atoms. The first-order valence-electron chi connectivity index (χ1n) is 9.84. The molecule has 5 heteroatoms. The van der Waals surface area contributed by atoms with Crippen LogP contribution in [0.1, 0.15) is 28.9 Å². The van der Waals surface area contributed by atoms with Gasteiger partial charge in [-0.05, 0) is 49.7 Å². The molecule has 3 aromatic rings. The highest BCUT2D eigenvalue weighted by molar-refractivity contribution is 5.98. The minimum absolute atomic E-state index is 0.0768. The normalized spacial score (nSPS) is 17.2. The Bertz CT molecular complexity index is 951. The van der Waals surface area contributed by atoms with Crippen LogP contribution in [0.3, 0.4) is 0 Å². The molecule has 0 aliphatic carbocycles. The van der Waals surface area contributed by atoms with Gasteiger partial charge < -0.3 is 14.6 Å². The maximum Gasteiger partial charge on any atom is 0.270 e. The summed E-state index contributed by atoms with van der Waals surface area (Å²) in [5, 5.41) is 0.998. The second-order valence-electron chi connectivity index (χ2n) is 7.58. The number of benzene rings is 2. The summed E-state index contributed by atoms with van der Waals surface area (Å²) in [6, 6.07) is 18.6. The van der Waals surface area contributed by atoms with Gasteiger partial charge in [0.05, 0.1) is 7.11 Å². The fourth-order valence-corrected chi connectivity index (χ4v) is 4.02. The number of carbonyl (C=O) groups excluding carboxylic acids is 1. The van der Waals surface area contributed by atoms with Gasteiger partial charge in [0.1, 0.15) is 11.4 Å². The second kappa shape index (κ2) is 8.07. The van der Waals surface area contributed by atoms with E-state index < -0.39 is 0 Å². The van der Waals surface area contributed by atoms with Gasteiger partial charge in [0.15, 0.2) is 0 Å². The van der Waals surface area contributed by atoms with Crippen LogP contribution in [0.2, 0.25) is 0 Å². The number of aromatic nitrogens is 1. The number of nitrogens with one attached hydrogen (secondary N) is 1. The third-order valence-electron chi connectivity index (χ3n) is 5.64. The van der Waals surface area contributed by atoms with Crippen molar-refractivity contribution in [2.75, 3.05) is 27.2 Å². The zero-order valence-corrected chi connectivity index (χ0v) is 16.5. The van der Waals surface area contributed by atoms with Crippen molar-refractivity contribution in [1.29, 1.82) is 0 Å². The number of carbonyl (C=O) groups is 1. The summed E-state index contributed by atoms with van der Waals surface area (Å²) in [7, 11) is 3.81. The van der Waals surface area contributed by atoms with Gasteiger partial charge in [0, 0.05) is 36.6 Å². The van der Waals surface area contributed by atoms with Crippen LogP contribution < -0.4 is 4.74 Å². The molecule has 1 aromatic heterocycles. The van der Waals surface area contributed by atoms with Crippen LogP contribution in [-0.4, -0.2) is 54.0 Å². The molecule has 0 bridgehead atoms. The molecule has 4 rings (SSSR count). The molecule has 0 saturated carbocycles. The van der Waals surface area contributed by atoms with Crippen molar-refractivity contribution in [3.05, 3.63) is 65.9 Å². The first kappa shape index (κ1) is 18.6. The molecule has 1 atom stereocenters. The van der Waals surface area contributed by atoms with E-state index in [1.165, 1.54) is 5.56 Å². The summed E-state index contributed by atoms with van der Waals surface area (Å²) < 4.78 is 5.28. The van der Waals surface area contributed by atoms with Crippen molar-refractivity contribution in [1.82, 2.24) is 14.8 Å². The number of methoxy groups -OCH3 is 1. The summed E-state index contributed by atoms with van der Waals surface area (Å²) in [5.74, 6) is 0.874. The molecule has 1 N–H and O–H groups in total. The van der Waals surface area contributed by atoms with Crippen molar-refractivity contribution >= 4 is 16.8 Å². The summed E-state index contributed by atoms with van der Waals surface area (Å²) in [5.41, 5.74) is 2.91. The summed E-state index contributed by atoms with van der Waals surface area (Å²) in [4.78, 5) is 20.7. The van der Waals surface area contributed by atoms with Gasteiger partial charge in [-0.3, -0.25) is 9.69 Å². The Balaban J connectivity index is 1.45. The SMILES string of the molecule is COc1ccc2[nH]c(C(=O)N3CCCC(N(C)Cc4ccccc4)C3)cc2c1. The van der Waals surface area contributed by atoms with Crippen LogP contribution in [0.4, 0.5) is 0 Å². The van der Waals surface area contributed by atoms with Crippen molar-refractivity contribution in [3.8, 4) is 5.75 Å². The molecule has 1 fully saturated rings. The minimum Gasteiger partial charge on any atom is -0.497 e. The van der Waals surface area contributed by atoms with Crippen LogP contribution in [0.5, 0.6) is 5.75 Å². The number of piperidine rings is 1. The number of rotatable bonds is 5. The quantitative estimate of drug-likeness (QED) is 0.733. The molecule has 1 aliphatic heterocycles. The number of ether oxygens (including phenoxy) is 1. The predicted octanol–water partition coefficient (Wildman–Crippen LogP) is 3.91. The third kappa shape index (κ3) is 3.90. The topological polar surface area (TPSA) is 48.6 Å². The van der Waals surface area contributed by atoms with Gasteiger partial charge >= 0.3 is 0 Å². The number of hydrogen-bond donors (Lipinski definition) is 1. The van der Waals surface area contributed by atoms with Gasteiger partial charge in [-0.25, -0.2) is 0 Å². The number of amides is 1. The molecule has 1 unspecified atom stereocenters. The lowest BCUT2D eigenvalue weighted by Crippen LogP contribution is -2.48. The fourth-order valence-electron chi connectivity index (χ4n) is 4.02. The maximum absolute atomic E-state index is 13.1. The number of aromatic amines is 1. The van der Waals surface area contributed by atoms with E-state index in [0.717, 1.165) is 49.1 Å². The molecule has 1 aliphatic rings. The van der Waals surface area contributed by atoms with E-state index in [4.69, 9.17) is 4.74 Å². The number of likely N-dealkylation sites (tertiary alicyclic amines) is 1. The average Bonchev–Trinajstić information content (AvgIpc) is 3.17. The largest absolute Gasteiger partial charge is 0.497 e. The minimum atomic E-state index is 0.0768. The van der Waals surface area contributed by atoms with E-state index in [-0.39, 0.29) is 5.91 Å². The van der Waals surface area contributed by atoms with Crippen molar-refractivity contribution in [2.24, 2.45) is 0 Å². The zero-order chi connectivity index (χ0) is 19.5. The Labute approximate surface area is 165 Å². The Morgan fingerprint density at radius 3 is 2.82 bits per heavy atom. The lowest BCUT2D eigenvalue weighted by Gasteiger charge is -2.37. The molecule has 5 nitrogen and oxygen atoms in total. The third-order valence-corrected chi connectivity index (χ3v) is 5.64. The zero-order valence-electron chi connectivity index (χ0n) is 16.5. The Kier molecular flexibility index (Phi) is 5.35. The van der Waals surface area contributed by atoms with Gasteiger partial charge in [-0.2, -0.15) is 0 Å². The maximum atomic E-state index is 13.1. The smallest absolute Gasteiger partial charge is 0.270 e. The van der Waals surface area contributed by atoms with Crippen molar-refractivity contribution in [2.45, 2.75) is 25.4 Å². The second-order valence-corrected chi connectivity index (χ2v) is 7.58. The van der Waals surface area contributed by atoms with Crippen LogP contribution in [0, 0.1) is 0 Å². The number of H-pyrrole nitrogens is 1. The van der Waals surface area contributed by atoms with E-state index in [9.17, 15) is 4.79 Å². The number of hydrogen-bond acceptors (Lipinski definition) is 3. The Morgan fingerprint density at radius 1 is 1.21 bits per heavy atom. The van der Waals surface area contributed by atoms with Crippen LogP contribution in [0.25, 0.3) is 10.9 Å². The summed E-state index contributed by atoms with van der Waals surface area (Å²) >= 11 is 0. The fraction of sp³-hybridized carbons (Fsp3) is 0.348. The Morgan fingerprint density at radius 2 is 2.04 bits per heavy atom. The van der Waals surface area contributed by atoms with E-state index in [0.29, 0.717) is 11.7 Å². The van der Waals surface area contributed by atoms with Gasteiger partial charge in [-0.15, -0.1) is 0 Å². The molecule has 28 heavy (non-hydrogen) atoms. The molecular weight excluding hydrogens is 350 g/mol. The first-order chi connectivity index (χ1) is 13.6. The number of nitrogens with zero attached hydrogens (tertiary/aromatic N) is 2. The first-order valence-corrected chi connectivity index (χ1v) is 9.84. The average molecular weight is 377 g/mol. The highest BCUT2D eigenvalue weighted by atomic mass is 16.5. The van der Waals surface area contributed by atoms with E-state index in [1.807, 2.05) is 35.2 Å². The predicted molar refractivity (Wildman–Crippen MR) is 112 cm³/mol. The lowest BCUT2D eigenvalue weighted by atomic mass is 10.0. The van der Waals surface area contributed by atoms with Crippen LogP contribution in [-0.2, 0) is 6.54 Å². The van der Waals surface area contributed by atoms with Gasteiger partial charge in [0.2, 0.25) is 0 Å². The molecule has 2 aromatic carbocycles. The van der Waals surface area contributed by atoms with E-state index in [1.54, 1.807) is 7.11 Å². The van der Waals surface area contributed by atoms with Crippen LogP contribution in [0.15, 0.2) is 54.6 Å². The molecule has 2 heterocycles. The lowest BCUT2D eigenvalue weighted by molar-refractivity contribution is 0.0597. The van der Waals surface area contributed by atoms with Gasteiger partial charge in [0.25, 0.3) is 5.91 Å². The molecule has 146 valence electrons. The molecule has 1 amide bonds. The van der Waals surface area contributed by atoms with Crippen LogP contribution >= 0.6 is 0 Å². The highest BCUT2D eigenvalue weighted by Crippen LogP contribution is 2.24. The van der Waals surface area contributed by atoms with Crippen molar-refractivity contribution < 1.29 is 9.53 Å². The van der Waals surface area contributed by atoms with E-state index in [2.05, 4.69) is 41.2 Å². The standard InChI is InChI=1S/C23H27N3O2/c1-25(15-17-7-4-3-5-8-17)19-9-6-12-26(16-19)23(27)22-14-18-13-20(28-2)10-11-21(18)24-22/h3-5,7-8,10-11,13-14,19,24H,6,9,12,15-16H2,1-2H3.